The van der Waals surface area contributed by atoms with Crippen LogP contribution < -0.4 is 4.74 Å². The molecule has 0 aromatic heterocycles. The van der Waals surface area contributed by atoms with Crippen LogP contribution in [0, 0.1) is 6.92 Å². The topological polar surface area (TPSA) is 29.5 Å². The van der Waals surface area contributed by atoms with E-state index in [1.54, 1.807) is 6.08 Å². The average Bonchev–Trinajstić information content (AvgIpc) is 2.20. The molecule has 1 aromatic carbocycles. The first-order valence-corrected chi connectivity index (χ1v) is 4.67. The van der Waals surface area contributed by atoms with Crippen LogP contribution in [0.25, 0.3) is 0 Å². The number of aryl methyl sites for hydroxylation is 1. The Hall–Kier alpha value is -1.28. The van der Waals surface area contributed by atoms with Crippen molar-refractivity contribution in [2.24, 2.45) is 0 Å². The van der Waals surface area contributed by atoms with Gasteiger partial charge in [-0.1, -0.05) is 30.4 Å². The standard InChI is InChI=1S/C12H16O2/c1-4-10(3)14-12-6-5-9(2)7-11(12)8-13/h4-7,10,13H,1,8H2,2-3H3. The molecule has 1 unspecified atom stereocenters. The second kappa shape index (κ2) is 4.82. The Kier molecular flexibility index (Phi) is 3.72. The van der Waals surface area contributed by atoms with Gasteiger partial charge in [-0.2, -0.15) is 0 Å². The first-order chi connectivity index (χ1) is 6.67. The molecule has 76 valence electrons. The second-order valence-corrected chi connectivity index (χ2v) is 3.33. The van der Waals surface area contributed by atoms with E-state index in [0.717, 1.165) is 16.9 Å². The molecule has 0 aliphatic heterocycles. The van der Waals surface area contributed by atoms with E-state index < -0.39 is 0 Å². The van der Waals surface area contributed by atoms with Gasteiger partial charge in [0.1, 0.15) is 11.9 Å². The SMILES string of the molecule is C=CC(C)Oc1ccc(C)cc1CO. The number of aliphatic hydroxyl groups excluding tert-OH is 1. The van der Waals surface area contributed by atoms with Gasteiger partial charge in [0.2, 0.25) is 0 Å². The van der Waals surface area contributed by atoms with Crippen LogP contribution in [-0.2, 0) is 6.61 Å². The third-order valence-corrected chi connectivity index (χ3v) is 2.03. The molecule has 2 nitrogen and oxygen atoms in total. The lowest BCUT2D eigenvalue weighted by atomic mass is 10.1. The smallest absolute Gasteiger partial charge is 0.125 e. The highest BCUT2D eigenvalue weighted by atomic mass is 16.5. The average molecular weight is 192 g/mol. The van der Waals surface area contributed by atoms with Gasteiger partial charge in [0.15, 0.2) is 0 Å². The molecular weight excluding hydrogens is 176 g/mol. The van der Waals surface area contributed by atoms with Gasteiger partial charge < -0.3 is 9.84 Å². The molecule has 0 fully saturated rings. The fourth-order valence-electron chi connectivity index (χ4n) is 1.20. The van der Waals surface area contributed by atoms with Crippen LogP contribution in [0.3, 0.4) is 0 Å². The molecule has 1 atom stereocenters. The van der Waals surface area contributed by atoms with Crippen molar-refractivity contribution in [1.82, 2.24) is 0 Å². The molecule has 0 amide bonds. The third-order valence-electron chi connectivity index (χ3n) is 2.03. The maximum Gasteiger partial charge on any atom is 0.125 e. The summed E-state index contributed by atoms with van der Waals surface area (Å²) < 4.78 is 5.56. The van der Waals surface area contributed by atoms with Crippen LogP contribution in [0.1, 0.15) is 18.1 Å². The normalized spacial score (nSPS) is 12.2. The molecule has 14 heavy (non-hydrogen) atoms. The summed E-state index contributed by atoms with van der Waals surface area (Å²) >= 11 is 0. The van der Waals surface area contributed by atoms with E-state index in [0.29, 0.717) is 0 Å². The van der Waals surface area contributed by atoms with Crippen LogP contribution in [0.5, 0.6) is 5.75 Å². The van der Waals surface area contributed by atoms with Crippen molar-refractivity contribution >= 4 is 0 Å². The van der Waals surface area contributed by atoms with Gasteiger partial charge in [-0.3, -0.25) is 0 Å². The second-order valence-electron chi connectivity index (χ2n) is 3.33. The zero-order valence-corrected chi connectivity index (χ0v) is 8.66. The maximum atomic E-state index is 9.12. The highest BCUT2D eigenvalue weighted by molar-refractivity contribution is 5.36. The number of ether oxygens (including phenoxy) is 1. The molecule has 2 heteroatoms. The van der Waals surface area contributed by atoms with Crippen LogP contribution in [-0.4, -0.2) is 11.2 Å². The molecule has 1 aromatic rings. The van der Waals surface area contributed by atoms with E-state index in [2.05, 4.69) is 6.58 Å². The molecule has 1 N–H and O–H groups in total. The van der Waals surface area contributed by atoms with Crippen molar-refractivity contribution in [1.29, 1.82) is 0 Å². The Labute approximate surface area is 84.8 Å². The van der Waals surface area contributed by atoms with E-state index in [4.69, 9.17) is 9.84 Å². The number of hydrogen-bond acceptors (Lipinski definition) is 2. The lowest BCUT2D eigenvalue weighted by Crippen LogP contribution is -2.09. The van der Waals surface area contributed by atoms with Crippen LogP contribution >= 0.6 is 0 Å². The van der Waals surface area contributed by atoms with Crippen LogP contribution in [0.15, 0.2) is 30.9 Å². The Morgan fingerprint density at radius 2 is 2.29 bits per heavy atom. The highest BCUT2D eigenvalue weighted by Crippen LogP contribution is 2.21. The number of benzene rings is 1. The first-order valence-electron chi connectivity index (χ1n) is 4.67. The summed E-state index contributed by atoms with van der Waals surface area (Å²) in [5, 5.41) is 9.12. The molecular formula is C12H16O2. The molecule has 0 aliphatic carbocycles. The predicted molar refractivity (Wildman–Crippen MR) is 57.4 cm³/mol. The van der Waals surface area contributed by atoms with E-state index in [1.807, 2.05) is 32.0 Å². The Balaban J connectivity index is 2.90. The minimum absolute atomic E-state index is 0.000869. The first kappa shape index (κ1) is 10.8. The molecule has 0 aliphatic rings. The van der Waals surface area contributed by atoms with Gasteiger partial charge in [-0.15, -0.1) is 0 Å². The quantitative estimate of drug-likeness (QED) is 0.742. The van der Waals surface area contributed by atoms with Gasteiger partial charge in [0, 0.05) is 5.56 Å². The molecule has 0 bridgehead atoms. The summed E-state index contributed by atoms with van der Waals surface area (Å²) in [7, 11) is 0. The maximum absolute atomic E-state index is 9.12. The zero-order valence-electron chi connectivity index (χ0n) is 8.66. The summed E-state index contributed by atoms with van der Waals surface area (Å²) in [6.45, 7) is 7.54. The fraction of sp³-hybridized carbons (Fsp3) is 0.333. The van der Waals surface area contributed by atoms with Crippen LogP contribution in [0.2, 0.25) is 0 Å². The number of aliphatic hydroxyl groups is 1. The molecule has 1 rings (SSSR count). The van der Waals surface area contributed by atoms with Gasteiger partial charge >= 0.3 is 0 Å². The summed E-state index contributed by atoms with van der Waals surface area (Å²) in [6, 6.07) is 5.76. The summed E-state index contributed by atoms with van der Waals surface area (Å²) in [4.78, 5) is 0. The predicted octanol–water partition coefficient (Wildman–Crippen LogP) is 2.44. The van der Waals surface area contributed by atoms with Gasteiger partial charge in [-0.05, 0) is 19.9 Å². The van der Waals surface area contributed by atoms with Gasteiger partial charge in [0.25, 0.3) is 0 Å². The fourth-order valence-corrected chi connectivity index (χ4v) is 1.20. The van der Waals surface area contributed by atoms with Gasteiger partial charge in [-0.25, -0.2) is 0 Å². The van der Waals surface area contributed by atoms with E-state index in [-0.39, 0.29) is 12.7 Å². The Morgan fingerprint density at radius 1 is 1.57 bits per heavy atom. The molecule has 0 heterocycles. The van der Waals surface area contributed by atoms with Gasteiger partial charge in [0.05, 0.1) is 6.61 Å². The molecule has 0 saturated carbocycles. The van der Waals surface area contributed by atoms with E-state index in [1.165, 1.54) is 0 Å². The summed E-state index contributed by atoms with van der Waals surface area (Å²) in [5.41, 5.74) is 1.94. The highest BCUT2D eigenvalue weighted by Gasteiger charge is 2.05. The van der Waals surface area contributed by atoms with Crippen molar-refractivity contribution in [3.63, 3.8) is 0 Å². The molecule has 0 spiro atoms. The zero-order chi connectivity index (χ0) is 10.6. The lowest BCUT2D eigenvalue weighted by molar-refractivity contribution is 0.243. The van der Waals surface area contributed by atoms with Crippen molar-refractivity contribution in [3.8, 4) is 5.75 Å². The minimum atomic E-state index is -0.0389. The monoisotopic (exact) mass is 192 g/mol. The minimum Gasteiger partial charge on any atom is -0.486 e. The summed E-state index contributed by atoms with van der Waals surface area (Å²) in [5.74, 6) is 0.727. The van der Waals surface area contributed by atoms with Crippen LogP contribution in [0.4, 0.5) is 0 Å². The lowest BCUT2D eigenvalue weighted by Gasteiger charge is -2.14. The van der Waals surface area contributed by atoms with E-state index in [9.17, 15) is 0 Å². The van der Waals surface area contributed by atoms with Crippen molar-refractivity contribution < 1.29 is 9.84 Å². The van der Waals surface area contributed by atoms with Crippen molar-refractivity contribution in [2.75, 3.05) is 0 Å². The molecule has 0 radical (unpaired) electrons. The van der Waals surface area contributed by atoms with Crippen molar-refractivity contribution in [3.05, 3.63) is 42.0 Å². The van der Waals surface area contributed by atoms with E-state index >= 15 is 0 Å². The Bertz CT molecular complexity index is 318. The number of rotatable bonds is 4. The summed E-state index contributed by atoms with van der Waals surface area (Å²) in [6.07, 6.45) is 1.68. The third kappa shape index (κ3) is 2.60. The Morgan fingerprint density at radius 3 is 2.86 bits per heavy atom. The molecule has 0 saturated heterocycles. The number of hydrogen-bond donors (Lipinski definition) is 1. The van der Waals surface area contributed by atoms with Crippen molar-refractivity contribution in [2.45, 2.75) is 26.6 Å². The largest absolute Gasteiger partial charge is 0.486 e.